The van der Waals surface area contributed by atoms with Crippen LogP contribution in [0.25, 0.3) is 11.0 Å². The molecule has 0 radical (unpaired) electrons. The minimum Gasteiger partial charge on any atom is -0.462 e. The number of nitrogens with zero attached hydrogens (tertiary/aromatic N) is 3. The van der Waals surface area contributed by atoms with E-state index in [-0.39, 0.29) is 12.0 Å². The molecule has 3 rings (SSSR count). The van der Waals surface area contributed by atoms with Gasteiger partial charge in [-0.1, -0.05) is 0 Å². The van der Waals surface area contributed by atoms with E-state index in [2.05, 4.69) is 15.4 Å². The quantitative estimate of drug-likeness (QED) is 0.849. The fourth-order valence-corrected chi connectivity index (χ4v) is 2.63. The molecular weight excluding hydrogens is 284 g/mol. The summed E-state index contributed by atoms with van der Waals surface area (Å²) in [7, 11) is 0. The number of ether oxygens (including phenoxy) is 2. The van der Waals surface area contributed by atoms with Gasteiger partial charge in [-0.3, -0.25) is 0 Å². The van der Waals surface area contributed by atoms with E-state index < -0.39 is 0 Å². The van der Waals surface area contributed by atoms with Crippen LogP contribution in [0.15, 0.2) is 12.4 Å². The van der Waals surface area contributed by atoms with E-state index in [0.717, 1.165) is 36.3 Å². The molecule has 7 nitrogen and oxygen atoms in total. The summed E-state index contributed by atoms with van der Waals surface area (Å²) in [5.41, 5.74) is 1.94. The first kappa shape index (κ1) is 14.8. The molecule has 0 bridgehead atoms. The van der Waals surface area contributed by atoms with E-state index in [1.54, 1.807) is 24.0 Å². The predicted octanol–water partition coefficient (Wildman–Crippen LogP) is 1.83. The van der Waals surface area contributed by atoms with Crippen molar-refractivity contribution >= 4 is 22.7 Å². The monoisotopic (exact) mass is 304 g/mol. The molecule has 0 saturated carbocycles. The largest absolute Gasteiger partial charge is 0.462 e. The highest BCUT2D eigenvalue weighted by Crippen LogP contribution is 2.28. The zero-order chi connectivity index (χ0) is 15.5. The number of aryl methyl sites for hydroxylation is 1. The van der Waals surface area contributed by atoms with Crippen molar-refractivity contribution in [3.8, 4) is 0 Å². The summed E-state index contributed by atoms with van der Waals surface area (Å²) < 4.78 is 12.3. The Morgan fingerprint density at radius 3 is 3.05 bits per heavy atom. The highest BCUT2D eigenvalue weighted by molar-refractivity contribution is 6.04. The van der Waals surface area contributed by atoms with Crippen LogP contribution < -0.4 is 5.32 Å². The normalized spacial score (nSPS) is 17.8. The number of carbonyl (C=O) groups is 1. The molecular formula is C15H20N4O3. The maximum absolute atomic E-state index is 12.2. The van der Waals surface area contributed by atoms with E-state index >= 15 is 0 Å². The van der Waals surface area contributed by atoms with E-state index in [1.807, 2.05) is 6.92 Å². The van der Waals surface area contributed by atoms with Gasteiger partial charge >= 0.3 is 5.97 Å². The Hall–Kier alpha value is -2.15. The standard InChI is InChI=1S/C15H20N4O3/c1-3-19-14-11(8-17-19)13(18-10-5-6-21-9-10)12(7-16-14)15(20)22-4-2/h7-8,10H,3-6,9H2,1-2H3,(H,16,18)/t10-/m1/s1. The van der Waals surface area contributed by atoms with E-state index in [1.165, 1.54) is 0 Å². The van der Waals surface area contributed by atoms with Crippen LogP contribution in [0.5, 0.6) is 0 Å². The first-order valence-corrected chi connectivity index (χ1v) is 7.60. The molecule has 0 spiro atoms. The van der Waals surface area contributed by atoms with E-state index in [0.29, 0.717) is 18.8 Å². The van der Waals surface area contributed by atoms with Gasteiger partial charge in [0.25, 0.3) is 0 Å². The Balaban J connectivity index is 2.06. The molecule has 1 N–H and O–H groups in total. The Morgan fingerprint density at radius 1 is 1.50 bits per heavy atom. The lowest BCUT2D eigenvalue weighted by atomic mass is 10.1. The van der Waals surface area contributed by atoms with Crippen molar-refractivity contribution in [1.29, 1.82) is 0 Å². The van der Waals surface area contributed by atoms with Crippen molar-refractivity contribution in [3.05, 3.63) is 18.0 Å². The van der Waals surface area contributed by atoms with E-state index in [9.17, 15) is 4.79 Å². The van der Waals surface area contributed by atoms with Crippen LogP contribution in [-0.4, -0.2) is 46.6 Å². The lowest BCUT2D eigenvalue weighted by molar-refractivity contribution is 0.0527. The van der Waals surface area contributed by atoms with Gasteiger partial charge in [-0.25, -0.2) is 14.5 Å². The molecule has 2 aromatic rings. The molecule has 1 aliphatic rings. The van der Waals surface area contributed by atoms with Crippen LogP contribution in [0, 0.1) is 0 Å². The van der Waals surface area contributed by atoms with Gasteiger partial charge < -0.3 is 14.8 Å². The second-order valence-electron chi connectivity index (χ2n) is 5.17. The minimum atomic E-state index is -0.373. The van der Waals surface area contributed by atoms with Crippen molar-refractivity contribution in [2.24, 2.45) is 0 Å². The van der Waals surface area contributed by atoms with Crippen molar-refractivity contribution in [2.45, 2.75) is 32.9 Å². The number of fused-ring (bicyclic) bond motifs is 1. The SMILES string of the molecule is CCOC(=O)c1cnc2c(cnn2CC)c1N[C@@H]1CCOC1. The molecule has 3 heterocycles. The average Bonchev–Trinajstić information content (AvgIpc) is 3.16. The van der Waals surface area contributed by atoms with Crippen molar-refractivity contribution in [3.63, 3.8) is 0 Å². The van der Waals surface area contributed by atoms with Gasteiger partial charge in [-0.2, -0.15) is 5.10 Å². The van der Waals surface area contributed by atoms with Gasteiger partial charge in [0.2, 0.25) is 0 Å². The summed E-state index contributed by atoms with van der Waals surface area (Å²) >= 11 is 0. The fourth-order valence-electron chi connectivity index (χ4n) is 2.63. The molecule has 7 heteroatoms. The molecule has 118 valence electrons. The van der Waals surface area contributed by atoms with Crippen LogP contribution in [0.4, 0.5) is 5.69 Å². The summed E-state index contributed by atoms with van der Waals surface area (Å²) in [6.07, 6.45) is 4.22. The van der Waals surface area contributed by atoms with Crippen molar-refractivity contribution in [1.82, 2.24) is 14.8 Å². The molecule has 1 aliphatic heterocycles. The average molecular weight is 304 g/mol. The van der Waals surface area contributed by atoms with Crippen molar-refractivity contribution < 1.29 is 14.3 Å². The maximum atomic E-state index is 12.2. The van der Waals surface area contributed by atoms with Crippen LogP contribution in [0.1, 0.15) is 30.6 Å². The Morgan fingerprint density at radius 2 is 2.36 bits per heavy atom. The zero-order valence-corrected chi connectivity index (χ0v) is 12.8. The molecule has 0 aromatic carbocycles. The molecule has 22 heavy (non-hydrogen) atoms. The van der Waals surface area contributed by atoms with Gasteiger partial charge in [-0.15, -0.1) is 0 Å². The highest BCUT2D eigenvalue weighted by atomic mass is 16.5. The number of hydrogen-bond donors (Lipinski definition) is 1. The predicted molar refractivity (Wildman–Crippen MR) is 82.0 cm³/mol. The third-order valence-corrected chi connectivity index (χ3v) is 3.74. The third-order valence-electron chi connectivity index (χ3n) is 3.74. The van der Waals surface area contributed by atoms with Gasteiger partial charge in [0, 0.05) is 19.3 Å². The Labute approximate surface area is 128 Å². The summed E-state index contributed by atoms with van der Waals surface area (Å²) in [5, 5.41) is 8.57. The molecule has 1 fully saturated rings. The number of rotatable bonds is 5. The second-order valence-corrected chi connectivity index (χ2v) is 5.17. The van der Waals surface area contributed by atoms with Crippen LogP contribution in [0.3, 0.4) is 0 Å². The zero-order valence-electron chi connectivity index (χ0n) is 12.8. The summed E-state index contributed by atoms with van der Waals surface area (Å²) in [4.78, 5) is 16.6. The minimum absolute atomic E-state index is 0.184. The smallest absolute Gasteiger partial charge is 0.341 e. The summed E-state index contributed by atoms with van der Waals surface area (Å²) in [6, 6.07) is 0.184. The highest BCUT2D eigenvalue weighted by Gasteiger charge is 2.23. The first-order valence-electron chi connectivity index (χ1n) is 7.60. The van der Waals surface area contributed by atoms with Gasteiger partial charge in [0.15, 0.2) is 5.65 Å². The molecule has 2 aromatic heterocycles. The number of anilines is 1. The second kappa shape index (κ2) is 6.31. The molecule has 1 saturated heterocycles. The molecule has 1 atom stereocenters. The number of nitrogens with one attached hydrogen (secondary N) is 1. The molecule has 0 aliphatic carbocycles. The maximum Gasteiger partial charge on any atom is 0.341 e. The Kier molecular flexibility index (Phi) is 4.24. The number of hydrogen-bond acceptors (Lipinski definition) is 6. The van der Waals surface area contributed by atoms with E-state index in [4.69, 9.17) is 9.47 Å². The number of aromatic nitrogens is 3. The van der Waals surface area contributed by atoms with Gasteiger partial charge in [-0.05, 0) is 20.3 Å². The number of pyridine rings is 1. The molecule has 0 unspecified atom stereocenters. The van der Waals surface area contributed by atoms with Crippen LogP contribution in [0.2, 0.25) is 0 Å². The number of carbonyl (C=O) groups excluding carboxylic acids is 1. The van der Waals surface area contributed by atoms with Crippen molar-refractivity contribution in [2.75, 3.05) is 25.1 Å². The van der Waals surface area contributed by atoms with Crippen LogP contribution in [-0.2, 0) is 16.0 Å². The lowest BCUT2D eigenvalue weighted by Gasteiger charge is -2.16. The summed E-state index contributed by atoms with van der Waals surface area (Å²) in [6.45, 7) is 6.21. The lowest BCUT2D eigenvalue weighted by Crippen LogP contribution is -2.21. The molecule has 0 amide bonds. The van der Waals surface area contributed by atoms with Gasteiger partial charge in [0.1, 0.15) is 5.56 Å². The van der Waals surface area contributed by atoms with Crippen LogP contribution >= 0.6 is 0 Å². The van der Waals surface area contributed by atoms with Gasteiger partial charge in [0.05, 0.1) is 36.5 Å². The number of esters is 1. The summed E-state index contributed by atoms with van der Waals surface area (Å²) in [5.74, 6) is -0.373. The third kappa shape index (κ3) is 2.64. The topological polar surface area (TPSA) is 78.3 Å². The fraction of sp³-hybridized carbons (Fsp3) is 0.533. The first-order chi connectivity index (χ1) is 10.7. The Bertz CT molecular complexity index is 677.